The van der Waals surface area contributed by atoms with Crippen molar-refractivity contribution >= 4 is 26.9 Å². The van der Waals surface area contributed by atoms with E-state index in [0.29, 0.717) is 26.2 Å². The smallest absolute Gasteiger partial charge is 0.216 e. The van der Waals surface area contributed by atoms with Gasteiger partial charge in [-0.2, -0.15) is 4.31 Å². The lowest BCUT2D eigenvalue weighted by molar-refractivity contribution is 0.0904. The zero-order chi connectivity index (χ0) is 22.4. The van der Waals surface area contributed by atoms with Gasteiger partial charge in [0.1, 0.15) is 0 Å². The first-order valence-corrected chi connectivity index (χ1v) is 12.5. The van der Waals surface area contributed by atoms with Crippen molar-refractivity contribution in [2.45, 2.75) is 33.3 Å². The van der Waals surface area contributed by atoms with Gasteiger partial charge in [-0.05, 0) is 44.4 Å². The molecule has 31 heavy (non-hydrogen) atoms. The molecule has 2 aromatic rings. The topological polar surface area (TPSA) is 90.0 Å². The molecular formula is C22H35N5O3S. The van der Waals surface area contributed by atoms with Gasteiger partial charge in [-0.15, -0.1) is 0 Å². The zero-order valence-corrected chi connectivity index (χ0v) is 19.8. The molecule has 0 amide bonds. The number of aromatic amines is 1. The number of aliphatic imine (C=N–C) groups is 1. The first-order chi connectivity index (χ1) is 14.8. The molecular weight excluding hydrogens is 414 g/mol. The summed E-state index contributed by atoms with van der Waals surface area (Å²) in [4.78, 5) is 9.86. The number of H-pyrrole nitrogens is 1. The average Bonchev–Trinajstić information content (AvgIpc) is 3.13. The van der Waals surface area contributed by atoms with E-state index in [1.54, 1.807) is 11.4 Å². The van der Waals surface area contributed by atoms with Crippen molar-refractivity contribution in [3.63, 3.8) is 0 Å². The molecule has 0 bridgehead atoms. The Hall–Kier alpha value is -2.10. The molecule has 1 aromatic carbocycles. The second-order valence-electron chi connectivity index (χ2n) is 8.21. The Bertz CT molecular complexity index is 992. The van der Waals surface area contributed by atoms with E-state index in [2.05, 4.69) is 51.5 Å². The van der Waals surface area contributed by atoms with Gasteiger partial charge in [0, 0.05) is 56.9 Å². The number of benzene rings is 1. The minimum atomic E-state index is -3.29. The van der Waals surface area contributed by atoms with Crippen LogP contribution in [0.4, 0.5) is 0 Å². The molecule has 0 radical (unpaired) electrons. The van der Waals surface area contributed by atoms with Crippen LogP contribution in [0.3, 0.4) is 0 Å². The molecule has 0 spiro atoms. The molecule has 1 aromatic heterocycles. The number of aromatic nitrogens is 1. The number of guanidine groups is 1. The van der Waals surface area contributed by atoms with Crippen LogP contribution in [0.1, 0.15) is 25.0 Å². The van der Waals surface area contributed by atoms with Crippen molar-refractivity contribution in [3.05, 3.63) is 35.5 Å². The van der Waals surface area contributed by atoms with E-state index in [0.717, 1.165) is 24.4 Å². The maximum Gasteiger partial charge on any atom is 0.216 e. The van der Waals surface area contributed by atoms with Gasteiger partial charge in [0.25, 0.3) is 0 Å². The maximum absolute atomic E-state index is 12.5. The van der Waals surface area contributed by atoms with E-state index in [4.69, 9.17) is 4.74 Å². The van der Waals surface area contributed by atoms with Crippen molar-refractivity contribution < 1.29 is 13.2 Å². The monoisotopic (exact) mass is 449 g/mol. The number of sulfonamides is 1. The molecule has 0 unspecified atom stereocenters. The molecule has 2 N–H and O–H groups in total. The van der Waals surface area contributed by atoms with Gasteiger partial charge in [-0.3, -0.25) is 4.99 Å². The van der Waals surface area contributed by atoms with E-state index in [1.165, 1.54) is 16.5 Å². The molecule has 172 valence electrons. The van der Waals surface area contributed by atoms with Crippen LogP contribution in [-0.2, 0) is 21.2 Å². The van der Waals surface area contributed by atoms with Crippen molar-refractivity contribution in [2.75, 3.05) is 52.1 Å². The van der Waals surface area contributed by atoms with Crippen LogP contribution >= 0.6 is 0 Å². The fraction of sp³-hybridized carbons (Fsp3) is 0.591. The highest BCUT2D eigenvalue weighted by atomic mass is 32.2. The highest BCUT2D eigenvalue weighted by Gasteiger charge is 2.28. The van der Waals surface area contributed by atoms with Crippen LogP contribution in [0.2, 0.25) is 0 Å². The van der Waals surface area contributed by atoms with Crippen LogP contribution in [0, 0.1) is 6.92 Å². The summed E-state index contributed by atoms with van der Waals surface area (Å²) in [6.07, 6.45) is 2.99. The van der Waals surface area contributed by atoms with Gasteiger partial charge in [-0.1, -0.05) is 12.1 Å². The van der Waals surface area contributed by atoms with E-state index in [-0.39, 0.29) is 18.5 Å². The normalized spacial score (nSPS) is 16.4. The Morgan fingerprint density at radius 3 is 2.68 bits per heavy atom. The van der Waals surface area contributed by atoms with Gasteiger partial charge in [0.2, 0.25) is 10.0 Å². The third-order valence-corrected chi connectivity index (χ3v) is 7.37. The van der Waals surface area contributed by atoms with Crippen molar-refractivity contribution in [1.82, 2.24) is 19.5 Å². The van der Waals surface area contributed by atoms with Gasteiger partial charge in [0.15, 0.2) is 5.96 Å². The largest absolute Gasteiger partial charge is 0.378 e. The van der Waals surface area contributed by atoms with E-state index >= 15 is 0 Å². The lowest BCUT2D eigenvalue weighted by Crippen LogP contribution is -2.54. The number of piperazine rings is 1. The molecule has 0 aliphatic carbocycles. The molecule has 1 aliphatic heterocycles. The Morgan fingerprint density at radius 1 is 1.26 bits per heavy atom. The first kappa shape index (κ1) is 23.6. The average molecular weight is 450 g/mol. The van der Waals surface area contributed by atoms with Gasteiger partial charge in [0.05, 0.1) is 18.5 Å². The maximum atomic E-state index is 12.5. The number of nitrogens with one attached hydrogen (secondary N) is 2. The van der Waals surface area contributed by atoms with E-state index in [9.17, 15) is 8.42 Å². The molecule has 3 rings (SSSR count). The van der Waals surface area contributed by atoms with Crippen molar-refractivity contribution in [2.24, 2.45) is 4.99 Å². The van der Waals surface area contributed by atoms with Crippen LogP contribution in [0.15, 0.2) is 29.4 Å². The van der Waals surface area contributed by atoms with Crippen LogP contribution in [-0.4, -0.2) is 86.8 Å². The highest BCUT2D eigenvalue weighted by molar-refractivity contribution is 7.89. The van der Waals surface area contributed by atoms with Crippen molar-refractivity contribution in [3.8, 4) is 0 Å². The van der Waals surface area contributed by atoms with Gasteiger partial charge < -0.3 is 19.9 Å². The SMILES string of the molecule is CN=C(NCCc1c[nH]c2cc(C)ccc12)N1CCN(S(=O)(=O)CCOC(C)C)CC1. The summed E-state index contributed by atoms with van der Waals surface area (Å²) in [6, 6.07) is 6.46. The number of nitrogens with zero attached hydrogens (tertiary/aromatic N) is 3. The first-order valence-electron chi connectivity index (χ1n) is 10.9. The highest BCUT2D eigenvalue weighted by Crippen LogP contribution is 2.19. The van der Waals surface area contributed by atoms with E-state index in [1.807, 2.05) is 13.8 Å². The number of aryl methyl sites for hydroxylation is 1. The Labute approximate surface area is 185 Å². The third kappa shape index (κ3) is 6.21. The van der Waals surface area contributed by atoms with Crippen LogP contribution < -0.4 is 5.32 Å². The molecule has 1 fully saturated rings. The molecule has 2 heterocycles. The Balaban J connectivity index is 1.48. The second kappa shape index (κ2) is 10.5. The quantitative estimate of drug-likeness (QED) is 0.475. The fourth-order valence-corrected chi connectivity index (χ4v) is 5.13. The predicted octanol–water partition coefficient (Wildman–Crippen LogP) is 1.97. The number of hydrogen-bond donors (Lipinski definition) is 2. The van der Waals surface area contributed by atoms with Gasteiger partial charge >= 0.3 is 0 Å². The van der Waals surface area contributed by atoms with Crippen molar-refractivity contribution in [1.29, 1.82) is 0 Å². The molecule has 0 saturated carbocycles. The molecule has 8 nitrogen and oxygen atoms in total. The van der Waals surface area contributed by atoms with Crippen LogP contribution in [0.5, 0.6) is 0 Å². The molecule has 9 heteroatoms. The summed E-state index contributed by atoms with van der Waals surface area (Å²) in [6.45, 7) is 9.07. The summed E-state index contributed by atoms with van der Waals surface area (Å²) < 4.78 is 32.0. The summed E-state index contributed by atoms with van der Waals surface area (Å²) in [5.74, 6) is 0.846. The number of ether oxygens (including phenoxy) is 1. The standard InChI is InChI=1S/C22H35N5O3S/c1-17(2)30-13-14-31(28,29)27-11-9-26(10-12-27)22(23-4)24-8-7-19-16-25-21-15-18(3)5-6-20(19)21/h5-6,15-17,25H,7-14H2,1-4H3,(H,23,24). The molecule has 1 saturated heterocycles. The Morgan fingerprint density at radius 2 is 2.00 bits per heavy atom. The summed E-state index contributed by atoms with van der Waals surface area (Å²) in [5, 5.41) is 4.68. The minimum absolute atomic E-state index is 0.0301. The second-order valence-corrected chi connectivity index (χ2v) is 10.3. The summed E-state index contributed by atoms with van der Waals surface area (Å²) in [5.41, 5.74) is 3.68. The minimum Gasteiger partial charge on any atom is -0.378 e. The number of rotatable bonds is 8. The summed E-state index contributed by atoms with van der Waals surface area (Å²) in [7, 11) is -1.52. The summed E-state index contributed by atoms with van der Waals surface area (Å²) >= 11 is 0. The molecule has 0 atom stereocenters. The third-order valence-electron chi connectivity index (χ3n) is 5.54. The van der Waals surface area contributed by atoms with Crippen LogP contribution in [0.25, 0.3) is 10.9 Å². The lowest BCUT2D eigenvalue weighted by atomic mass is 10.1. The molecule has 1 aliphatic rings. The lowest BCUT2D eigenvalue weighted by Gasteiger charge is -2.35. The zero-order valence-electron chi connectivity index (χ0n) is 19.0. The number of hydrogen-bond acceptors (Lipinski definition) is 4. The number of fused-ring (bicyclic) bond motifs is 1. The predicted molar refractivity (Wildman–Crippen MR) is 126 cm³/mol. The fourth-order valence-electron chi connectivity index (χ4n) is 3.84. The van der Waals surface area contributed by atoms with Gasteiger partial charge in [-0.25, -0.2) is 8.42 Å². The Kier molecular flexibility index (Phi) is 7.96. The van der Waals surface area contributed by atoms with E-state index < -0.39 is 10.0 Å².